The van der Waals surface area contributed by atoms with Crippen LogP contribution in [0.25, 0.3) is 0 Å². The lowest BCUT2D eigenvalue weighted by atomic mass is 10.0. The molecule has 0 fully saturated rings. The maximum Gasteiger partial charge on any atom is 0.263 e. The molecule has 0 spiro atoms. The molecule has 0 aliphatic heterocycles. The minimum absolute atomic E-state index is 0.101. The monoisotopic (exact) mass is 330 g/mol. The van der Waals surface area contributed by atoms with Gasteiger partial charge in [-0.05, 0) is 23.6 Å². The fraction of sp³-hybridized carbons (Fsp3) is 0.353. The van der Waals surface area contributed by atoms with E-state index in [0.717, 1.165) is 5.56 Å². The van der Waals surface area contributed by atoms with E-state index >= 15 is 0 Å². The lowest BCUT2D eigenvalue weighted by Crippen LogP contribution is -2.20. The summed E-state index contributed by atoms with van der Waals surface area (Å²) in [6, 6.07) is 9.33. The minimum atomic E-state index is -0.395. The average Bonchev–Trinajstić information content (AvgIpc) is 2.98. The SMILES string of the molecule is CC(C)c1cccc(OCC(=O)Nc2ccn(CCC(N)=O)n2)c1. The Balaban J connectivity index is 1.83. The number of hydrogen-bond donors (Lipinski definition) is 2. The molecular weight excluding hydrogens is 308 g/mol. The van der Waals surface area contributed by atoms with E-state index in [4.69, 9.17) is 10.5 Å². The first-order valence-corrected chi connectivity index (χ1v) is 7.78. The number of carbonyl (C=O) groups excluding carboxylic acids is 2. The third-order valence-electron chi connectivity index (χ3n) is 3.39. The number of carbonyl (C=O) groups is 2. The number of nitrogens with one attached hydrogen (secondary N) is 1. The van der Waals surface area contributed by atoms with Crippen molar-refractivity contribution < 1.29 is 14.3 Å². The van der Waals surface area contributed by atoms with Crippen LogP contribution in [0.5, 0.6) is 5.75 Å². The molecule has 1 aromatic carbocycles. The van der Waals surface area contributed by atoms with Crippen molar-refractivity contribution >= 4 is 17.6 Å². The fourth-order valence-electron chi connectivity index (χ4n) is 2.07. The molecule has 2 rings (SSSR count). The molecule has 7 nitrogen and oxygen atoms in total. The smallest absolute Gasteiger partial charge is 0.263 e. The molecule has 0 unspecified atom stereocenters. The number of ether oxygens (including phenoxy) is 1. The summed E-state index contributed by atoms with van der Waals surface area (Å²) < 4.78 is 7.06. The topological polar surface area (TPSA) is 99.2 Å². The zero-order chi connectivity index (χ0) is 17.5. The molecule has 7 heteroatoms. The molecule has 0 bridgehead atoms. The fourth-order valence-corrected chi connectivity index (χ4v) is 2.07. The summed E-state index contributed by atoms with van der Waals surface area (Å²) in [6.07, 6.45) is 1.87. The largest absolute Gasteiger partial charge is 0.484 e. The van der Waals surface area contributed by atoms with Gasteiger partial charge in [0.25, 0.3) is 5.91 Å². The van der Waals surface area contributed by atoms with Gasteiger partial charge in [-0.2, -0.15) is 5.10 Å². The van der Waals surface area contributed by atoms with Gasteiger partial charge in [0.05, 0.1) is 0 Å². The average molecular weight is 330 g/mol. The Hall–Kier alpha value is -2.83. The summed E-state index contributed by atoms with van der Waals surface area (Å²) >= 11 is 0. The quantitative estimate of drug-likeness (QED) is 0.772. The van der Waals surface area contributed by atoms with Crippen LogP contribution in [0.4, 0.5) is 5.82 Å². The van der Waals surface area contributed by atoms with Gasteiger partial charge in [0.1, 0.15) is 5.75 Å². The molecule has 2 aromatic rings. The van der Waals surface area contributed by atoms with E-state index in [-0.39, 0.29) is 18.9 Å². The predicted octanol–water partition coefficient (Wildman–Crippen LogP) is 1.90. The number of hydrogen-bond acceptors (Lipinski definition) is 4. The van der Waals surface area contributed by atoms with Gasteiger partial charge in [-0.15, -0.1) is 0 Å². The molecule has 0 aliphatic rings. The molecule has 0 atom stereocenters. The van der Waals surface area contributed by atoms with Crippen molar-refractivity contribution in [1.29, 1.82) is 0 Å². The zero-order valence-corrected chi connectivity index (χ0v) is 13.9. The second-order valence-corrected chi connectivity index (χ2v) is 5.74. The van der Waals surface area contributed by atoms with Gasteiger partial charge in [-0.3, -0.25) is 14.3 Å². The Kier molecular flexibility index (Phi) is 5.95. The predicted molar refractivity (Wildman–Crippen MR) is 90.7 cm³/mol. The van der Waals surface area contributed by atoms with Crippen molar-refractivity contribution in [3.05, 3.63) is 42.1 Å². The highest BCUT2D eigenvalue weighted by atomic mass is 16.5. The van der Waals surface area contributed by atoms with E-state index in [1.165, 1.54) is 0 Å². The van der Waals surface area contributed by atoms with Crippen LogP contribution >= 0.6 is 0 Å². The van der Waals surface area contributed by atoms with Crippen molar-refractivity contribution in [3.63, 3.8) is 0 Å². The number of nitrogens with zero attached hydrogens (tertiary/aromatic N) is 2. The highest BCUT2D eigenvalue weighted by Gasteiger charge is 2.08. The molecule has 0 saturated carbocycles. The van der Waals surface area contributed by atoms with Crippen LogP contribution in [-0.4, -0.2) is 28.2 Å². The van der Waals surface area contributed by atoms with Crippen LogP contribution in [0.1, 0.15) is 31.7 Å². The van der Waals surface area contributed by atoms with E-state index in [0.29, 0.717) is 24.0 Å². The summed E-state index contributed by atoms with van der Waals surface area (Å²) in [7, 11) is 0. The van der Waals surface area contributed by atoms with E-state index in [1.54, 1.807) is 16.9 Å². The van der Waals surface area contributed by atoms with E-state index in [1.807, 2.05) is 24.3 Å². The maximum absolute atomic E-state index is 11.9. The molecule has 3 N–H and O–H groups in total. The summed E-state index contributed by atoms with van der Waals surface area (Å²) in [4.78, 5) is 22.7. The number of aryl methyl sites for hydroxylation is 1. The molecule has 1 aromatic heterocycles. The van der Waals surface area contributed by atoms with Gasteiger partial charge < -0.3 is 15.8 Å². The molecule has 2 amide bonds. The Morgan fingerprint density at radius 3 is 2.83 bits per heavy atom. The summed E-state index contributed by atoms with van der Waals surface area (Å²) in [5.41, 5.74) is 6.24. The van der Waals surface area contributed by atoms with E-state index in [9.17, 15) is 9.59 Å². The molecule has 0 aliphatic carbocycles. The highest BCUT2D eigenvalue weighted by Crippen LogP contribution is 2.20. The zero-order valence-electron chi connectivity index (χ0n) is 13.9. The minimum Gasteiger partial charge on any atom is -0.484 e. The van der Waals surface area contributed by atoms with Crippen molar-refractivity contribution in [2.24, 2.45) is 5.73 Å². The second kappa shape index (κ2) is 8.14. The first-order chi connectivity index (χ1) is 11.4. The lowest BCUT2D eigenvalue weighted by Gasteiger charge is -2.09. The molecular formula is C17H22N4O3. The number of nitrogens with two attached hydrogens (primary N) is 1. The lowest BCUT2D eigenvalue weighted by molar-refractivity contribution is -0.119. The van der Waals surface area contributed by atoms with Crippen molar-refractivity contribution in [2.75, 3.05) is 11.9 Å². The number of aromatic nitrogens is 2. The maximum atomic E-state index is 11.9. The molecule has 128 valence electrons. The third kappa shape index (κ3) is 5.42. The summed E-state index contributed by atoms with van der Waals surface area (Å²) in [5, 5.41) is 6.78. The normalized spacial score (nSPS) is 10.6. The van der Waals surface area contributed by atoms with Crippen LogP contribution < -0.4 is 15.8 Å². The molecule has 24 heavy (non-hydrogen) atoms. The standard InChI is InChI=1S/C17H22N4O3/c1-12(2)13-4-3-5-14(10-13)24-11-17(23)19-16-7-9-21(20-16)8-6-15(18)22/h3-5,7,9-10,12H,6,8,11H2,1-2H3,(H2,18,22)(H,19,20,23). The summed E-state index contributed by atoms with van der Waals surface area (Å²) in [6.45, 7) is 4.47. The van der Waals surface area contributed by atoms with Crippen LogP contribution in [-0.2, 0) is 16.1 Å². The van der Waals surface area contributed by atoms with Crippen molar-refractivity contribution in [3.8, 4) is 5.75 Å². The Morgan fingerprint density at radius 1 is 1.33 bits per heavy atom. The summed E-state index contributed by atoms with van der Waals surface area (Å²) in [5.74, 6) is 0.761. The highest BCUT2D eigenvalue weighted by molar-refractivity contribution is 5.90. The van der Waals surface area contributed by atoms with Gasteiger partial charge in [0, 0.05) is 25.2 Å². The van der Waals surface area contributed by atoms with Crippen LogP contribution in [0.3, 0.4) is 0 Å². The van der Waals surface area contributed by atoms with Crippen molar-refractivity contribution in [1.82, 2.24) is 9.78 Å². The Bertz CT molecular complexity index is 709. The third-order valence-corrected chi connectivity index (χ3v) is 3.39. The molecule has 0 radical (unpaired) electrons. The Labute approximate surface area is 140 Å². The first-order valence-electron chi connectivity index (χ1n) is 7.78. The van der Waals surface area contributed by atoms with E-state index < -0.39 is 5.91 Å². The number of rotatable bonds is 8. The van der Waals surface area contributed by atoms with E-state index in [2.05, 4.69) is 24.3 Å². The van der Waals surface area contributed by atoms with Crippen LogP contribution in [0.15, 0.2) is 36.5 Å². The van der Waals surface area contributed by atoms with Gasteiger partial charge in [-0.1, -0.05) is 26.0 Å². The first kappa shape index (κ1) is 17.5. The Morgan fingerprint density at radius 2 is 2.12 bits per heavy atom. The van der Waals surface area contributed by atoms with Gasteiger partial charge in [-0.25, -0.2) is 0 Å². The number of amides is 2. The second-order valence-electron chi connectivity index (χ2n) is 5.74. The number of anilines is 1. The molecule has 1 heterocycles. The van der Waals surface area contributed by atoms with Gasteiger partial charge >= 0.3 is 0 Å². The molecule has 0 saturated heterocycles. The van der Waals surface area contributed by atoms with Gasteiger partial charge in [0.2, 0.25) is 5.91 Å². The number of benzene rings is 1. The van der Waals surface area contributed by atoms with Crippen LogP contribution in [0, 0.1) is 0 Å². The van der Waals surface area contributed by atoms with Gasteiger partial charge in [0.15, 0.2) is 12.4 Å². The number of primary amides is 1. The van der Waals surface area contributed by atoms with Crippen LogP contribution in [0.2, 0.25) is 0 Å². The van der Waals surface area contributed by atoms with Crippen molar-refractivity contribution in [2.45, 2.75) is 32.7 Å².